The van der Waals surface area contributed by atoms with E-state index in [4.69, 9.17) is 0 Å². The number of nitrogens with zero attached hydrogens (tertiary/aromatic N) is 2. The highest BCUT2D eigenvalue weighted by Gasteiger charge is 2.37. The zero-order valence-electron chi connectivity index (χ0n) is 14.0. The zero-order chi connectivity index (χ0) is 16.0. The molecule has 1 fully saturated rings. The summed E-state index contributed by atoms with van der Waals surface area (Å²) in [6, 6.07) is 15.5. The van der Waals surface area contributed by atoms with Gasteiger partial charge in [0.15, 0.2) is 11.0 Å². The molecule has 2 aliphatic carbocycles. The van der Waals surface area contributed by atoms with Gasteiger partial charge in [0.1, 0.15) is 5.35 Å². The van der Waals surface area contributed by atoms with Gasteiger partial charge in [-0.2, -0.15) is 4.40 Å². The van der Waals surface area contributed by atoms with E-state index in [0.717, 1.165) is 11.8 Å². The van der Waals surface area contributed by atoms with Crippen molar-refractivity contribution in [2.75, 3.05) is 0 Å². The number of benzene rings is 2. The summed E-state index contributed by atoms with van der Waals surface area (Å²) in [4.78, 5) is 0. The Morgan fingerprint density at radius 1 is 1.00 bits per heavy atom. The van der Waals surface area contributed by atoms with E-state index in [1.807, 2.05) is 0 Å². The number of aromatic nitrogens is 2. The highest BCUT2D eigenvalue weighted by Crippen LogP contribution is 2.42. The molecule has 0 spiro atoms. The molecule has 2 aromatic heterocycles. The molecule has 6 rings (SSSR count). The second-order valence-corrected chi connectivity index (χ2v) is 7.40. The van der Waals surface area contributed by atoms with Crippen molar-refractivity contribution in [3.8, 4) is 0 Å². The number of pyridine rings is 1. The summed E-state index contributed by atoms with van der Waals surface area (Å²) in [6.07, 6.45) is 6.35. The summed E-state index contributed by atoms with van der Waals surface area (Å²) < 4.78 is 4.85. The minimum Gasteiger partial charge on any atom is -0.225 e. The molecule has 2 heterocycles. The van der Waals surface area contributed by atoms with Crippen molar-refractivity contribution in [1.29, 1.82) is 0 Å². The van der Waals surface area contributed by atoms with Crippen LogP contribution in [0.2, 0.25) is 0 Å². The first-order chi connectivity index (χ1) is 11.7. The minimum absolute atomic E-state index is 0.745. The number of hydrogen-bond donors (Lipinski definition) is 0. The van der Waals surface area contributed by atoms with Crippen LogP contribution in [0, 0.1) is 18.8 Å². The molecule has 2 aromatic carbocycles. The minimum atomic E-state index is 0.745. The average Bonchev–Trinajstić information content (AvgIpc) is 3.31. The Bertz CT molecular complexity index is 1310. The highest BCUT2D eigenvalue weighted by molar-refractivity contribution is 5.98. The van der Waals surface area contributed by atoms with Crippen LogP contribution in [0.15, 0.2) is 42.5 Å². The van der Waals surface area contributed by atoms with E-state index >= 15 is 0 Å². The van der Waals surface area contributed by atoms with Crippen LogP contribution in [-0.4, -0.2) is 4.40 Å². The van der Waals surface area contributed by atoms with Gasteiger partial charge in [0, 0.05) is 10.6 Å². The van der Waals surface area contributed by atoms with E-state index in [1.54, 1.807) is 0 Å². The fourth-order valence-electron chi connectivity index (χ4n) is 4.66. The molecule has 0 amide bonds. The molecule has 0 N–H and O–H groups in total. The lowest BCUT2D eigenvalue weighted by Gasteiger charge is -2.07. The van der Waals surface area contributed by atoms with Crippen molar-refractivity contribution in [1.82, 2.24) is 4.40 Å². The lowest BCUT2D eigenvalue weighted by atomic mass is 10.0. The Labute approximate surface area is 140 Å². The van der Waals surface area contributed by atoms with Gasteiger partial charge in [-0.25, -0.2) is 4.57 Å². The predicted molar refractivity (Wildman–Crippen MR) is 98.1 cm³/mol. The molecule has 4 aromatic rings. The van der Waals surface area contributed by atoms with Crippen LogP contribution in [0.25, 0.3) is 39.6 Å². The van der Waals surface area contributed by atoms with E-state index in [-0.39, 0.29) is 0 Å². The lowest BCUT2D eigenvalue weighted by Crippen LogP contribution is -2.37. The SMILES string of the molecule is Cc1cccc2c3c(n4c5ccccc5[n+](C)c4c12)=CC1CC1C=3. The van der Waals surface area contributed by atoms with Gasteiger partial charge in [-0.3, -0.25) is 0 Å². The van der Waals surface area contributed by atoms with Gasteiger partial charge in [0.05, 0.1) is 12.4 Å². The van der Waals surface area contributed by atoms with Crippen molar-refractivity contribution in [3.63, 3.8) is 0 Å². The Morgan fingerprint density at radius 3 is 2.75 bits per heavy atom. The maximum atomic E-state index is 2.52. The zero-order valence-corrected chi connectivity index (χ0v) is 14.0. The molecular weight excluding hydrogens is 292 g/mol. The normalized spacial score (nSPS) is 21.4. The Morgan fingerprint density at radius 2 is 1.83 bits per heavy atom. The molecule has 1 saturated carbocycles. The highest BCUT2D eigenvalue weighted by atomic mass is 15.1. The third kappa shape index (κ3) is 1.40. The van der Waals surface area contributed by atoms with Gasteiger partial charge in [-0.05, 0) is 49.0 Å². The molecule has 116 valence electrons. The Kier molecular flexibility index (Phi) is 2.17. The second-order valence-electron chi connectivity index (χ2n) is 7.40. The summed E-state index contributed by atoms with van der Waals surface area (Å²) in [5, 5.41) is 5.61. The molecule has 0 saturated heterocycles. The van der Waals surface area contributed by atoms with Gasteiger partial charge < -0.3 is 0 Å². The predicted octanol–water partition coefficient (Wildman–Crippen LogP) is 2.59. The van der Waals surface area contributed by atoms with Crippen LogP contribution in [-0.2, 0) is 7.05 Å². The molecule has 2 nitrogen and oxygen atoms in total. The molecular formula is C22H19N2+. The van der Waals surface area contributed by atoms with Crippen LogP contribution < -0.4 is 15.1 Å². The van der Waals surface area contributed by atoms with Crippen LogP contribution in [0.1, 0.15) is 12.0 Å². The van der Waals surface area contributed by atoms with Crippen molar-refractivity contribution in [2.45, 2.75) is 13.3 Å². The summed E-state index contributed by atoms with van der Waals surface area (Å²) in [5.41, 5.74) is 5.26. The van der Waals surface area contributed by atoms with Gasteiger partial charge in [-0.1, -0.05) is 36.4 Å². The number of rotatable bonds is 0. The van der Waals surface area contributed by atoms with Crippen molar-refractivity contribution in [2.24, 2.45) is 18.9 Å². The molecule has 2 heteroatoms. The molecule has 0 bridgehead atoms. The number of hydrogen-bond acceptors (Lipinski definition) is 0. The standard InChI is InChI=1S/C22H19N2/c1-13-6-5-7-16-17-11-14-10-15(14)12-20(17)24-19-9-4-3-8-18(19)23(2)22(24)21(13)16/h3-9,11-12,14-15H,10H2,1-2H3/q+1. The molecule has 24 heavy (non-hydrogen) atoms. The van der Waals surface area contributed by atoms with Gasteiger partial charge >= 0.3 is 0 Å². The molecule has 2 atom stereocenters. The first-order valence-electron chi connectivity index (χ1n) is 8.78. The Balaban J connectivity index is 2.08. The third-order valence-electron chi connectivity index (χ3n) is 5.96. The van der Waals surface area contributed by atoms with E-state index in [2.05, 4.69) is 77.6 Å². The summed E-state index contributed by atoms with van der Waals surface area (Å²) in [7, 11) is 2.20. The van der Waals surface area contributed by atoms with Crippen LogP contribution in [0.4, 0.5) is 0 Å². The van der Waals surface area contributed by atoms with E-state index < -0.39 is 0 Å². The quantitative estimate of drug-likeness (QED) is 0.441. The number of aryl methyl sites for hydroxylation is 2. The van der Waals surface area contributed by atoms with Crippen molar-refractivity contribution in [3.05, 3.63) is 58.6 Å². The smallest absolute Gasteiger partial charge is 0.225 e. The topological polar surface area (TPSA) is 8.29 Å². The average molecular weight is 311 g/mol. The van der Waals surface area contributed by atoms with Crippen LogP contribution >= 0.6 is 0 Å². The summed E-state index contributed by atoms with van der Waals surface area (Å²) in [6.45, 7) is 2.23. The van der Waals surface area contributed by atoms with Crippen molar-refractivity contribution >= 4 is 39.6 Å². The van der Waals surface area contributed by atoms with Gasteiger partial charge in [-0.15, -0.1) is 0 Å². The monoisotopic (exact) mass is 311 g/mol. The fourth-order valence-corrected chi connectivity index (χ4v) is 4.66. The van der Waals surface area contributed by atoms with E-state index in [9.17, 15) is 0 Å². The first kappa shape index (κ1) is 12.8. The largest absolute Gasteiger partial charge is 0.295 e. The lowest BCUT2D eigenvalue weighted by molar-refractivity contribution is -0.617. The molecule has 2 unspecified atom stereocenters. The summed E-state index contributed by atoms with van der Waals surface area (Å²) >= 11 is 0. The second kappa shape index (κ2) is 4.07. The van der Waals surface area contributed by atoms with Gasteiger partial charge in [0.2, 0.25) is 0 Å². The third-order valence-corrected chi connectivity index (χ3v) is 5.96. The fraction of sp³-hybridized carbons (Fsp3) is 0.227. The maximum absolute atomic E-state index is 2.52. The number of para-hydroxylation sites is 2. The maximum Gasteiger partial charge on any atom is 0.295 e. The van der Waals surface area contributed by atoms with Crippen LogP contribution in [0.5, 0.6) is 0 Å². The first-order valence-corrected chi connectivity index (χ1v) is 8.78. The van der Waals surface area contributed by atoms with Crippen LogP contribution in [0.3, 0.4) is 0 Å². The summed E-state index contributed by atoms with van der Waals surface area (Å²) in [5.74, 6) is 1.50. The molecule has 2 aliphatic rings. The number of fused-ring (bicyclic) bond motifs is 9. The molecule has 0 radical (unpaired) electrons. The van der Waals surface area contributed by atoms with E-state index in [1.165, 1.54) is 50.0 Å². The Hall–Kier alpha value is -2.61. The van der Waals surface area contributed by atoms with E-state index in [0.29, 0.717) is 0 Å². The molecule has 0 aliphatic heterocycles. The van der Waals surface area contributed by atoms with Gasteiger partial charge in [0.25, 0.3) is 5.65 Å². The number of imidazole rings is 1. The van der Waals surface area contributed by atoms with Crippen molar-refractivity contribution < 1.29 is 4.57 Å².